The Labute approximate surface area is 119 Å². The molecule has 108 valence electrons. The summed E-state index contributed by atoms with van der Waals surface area (Å²) in [5.74, 6) is 0.671. The van der Waals surface area contributed by atoms with Gasteiger partial charge in [0.25, 0.3) is 5.69 Å². The molecule has 6 nitrogen and oxygen atoms in total. The van der Waals surface area contributed by atoms with Crippen LogP contribution >= 0.6 is 0 Å². The topological polar surface area (TPSA) is 73.6 Å². The molecule has 1 N–H and O–H groups in total. The van der Waals surface area contributed by atoms with Crippen LogP contribution in [0, 0.1) is 15.9 Å². The summed E-state index contributed by atoms with van der Waals surface area (Å²) in [4.78, 5) is 10.3. The number of nitro groups is 1. The molecule has 3 rings (SSSR count). The second kappa shape index (κ2) is 5.28. The van der Waals surface area contributed by atoms with Crippen molar-refractivity contribution < 1.29 is 18.8 Å². The van der Waals surface area contributed by atoms with Crippen molar-refractivity contribution in [2.24, 2.45) is 0 Å². The highest BCUT2D eigenvalue weighted by molar-refractivity contribution is 5.61. The molecular formula is C14H11FN2O4. The van der Waals surface area contributed by atoms with Crippen LogP contribution in [-0.2, 0) is 6.54 Å². The predicted octanol–water partition coefficient (Wildman–Crippen LogP) is 3.07. The summed E-state index contributed by atoms with van der Waals surface area (Å²) in [6.07, 6.45) is 0. The maximum atomic E-state index is 13.1. The lowest BCUT2D eigenvalue weighted by molar-refractivity contribution is -0.384. The van der Waals surface area contributed by atoms with Gasteiger partial charge in [0.15, 0.2) is 11.5 Å². The monoisotopic (exact) mass is 290 g/mol. The lowest BCUT2D eigenvalue weighted by atomic mass is 10.2. The van der Waals surface area contributed by atoms with Gasteiger partial charge < -0.3 is 14.8 Å². The molecule has 0 radical (unpaired) electrons. The Morgan fingerprint density at radius 1 is 1.19 bits per heavy atom. The molecule has 0 aliphatic carbocycles. The predicted molar refractivity (Wildman–Crippen MR) is 72.9 cm³/mol. The number of nitro benzene ring substituents is 1. The van der Waals surface area contributed by atoms with E-state index < -0.39 is 10.7 Å². The zero-order valence-electron chi connectivity index (χ0n) is 10.8. The molecule has 2 aromatic rings. The van der Waals surface area contributed by atoms with Crippen molar-refractivity contribution in [2.75, 3.05) is 12.1 Å². The Bertz CT molecular complexity index is 705. The molecule has 0 saturated carbocycles. The van der Waals surface area contributed by atoms with Crippen molar-refractivity contribution >= 4 is 11.4 Å². The zero-order chi connectivity index (χ0) is 14.8. The quantitative estimate of drug-likeness (QED) is 0.692. The molecule has 1 heterocycles. The van der Waals surface area contributed by atoms with Crippen LogP contribution in [0.4, 0.5) is 15.8 Å². The van der Waals surface area contributed by atoms with E-state index in [9.17, 15) is 14.5 Å². The van der Waals surface area contributed by atoms with Crippen molar-refractivity contribution in [2.45, 2.75) is 6.54 Å². The van der Waals surface area contributed by atoms with Crippen LogP contribution in [0.2, 0.25) is 0 Å². The van der Waals surface area contributed by atoms with E-state index in [-0.39, 0.29) is 18.2 Å². The normalized spacial score (nSPS) is 12.2. The molecular weight excluding hydrogens is 279 g/mol. The summed E-state index contributed by atoms with van der Waals surface area (Å²) < 4.78 is 23.5. The Hall–Kier alpha value is -2.83. The summed E-state index contributed by atoms with van der Waals surface area (Å²) >= 11 is 0. The van der Waals surface area contributed by atoms with Crippen LogP contribution in [0.3, 0.4) is 0 Å². The maximum Gasteiger partial charge on any atom is 0.295 e. The number of hydrogen-bond acceptors (Lipinski definition) is 5. The summed E-state index contributed by atoms with van der Waals surface area (Å²) in [5, 5.41) is 13.8. The second-order valence-electron chi connectivity index (χ2n) is 4.46. The molecule has 0 fully saturated rings. The number of nitrogens with zero attached hydrogens (tertiary/aromatic N) is 1. The van der Waals surface area contributed by atoms with Crippen molar-refractivity contribution in [3.63, 3.8) is 0 Å². The summed E-state index contributed by atoms with van der Waals surface area (Å²) in [6, 6.07) is 8.82. The molecule has 0 spiro atoms. The van der Waals surface area contributed by atoms with E-state index in [4.69, 9.17) is 9.47 Å². The summed E-state index contributed by atoms with van der Waals surface area (Å²) in [6.45, 7) is 0.540. The molecule has 0 amide bonds. The maximum absolute atomic E-state index is 13.1. The first kappa shape index (κ1) is 13.2. The molecule has 1 aliphatic heterocycles. The van der Waals surface area contributed by atoms with Crippen molar-refractivity contribution in [1.29, 1.82) is 0 Å². The minimum atomic E-state index is -0.643. The van der Waals surface area contributed by atoms with Crippen molar-refractivity contribution in [3.8, 4) is 11.5 Å². The molecule has 2 aromatic carbocycles. The van der Waals surface area contributed by atoms with Crippen LogP contribution in [0.1, 0.15) is 5.56 Å². The van der Waals surface area contributed by atoms with E-state index in [1.807, 2.05) is 6.07 Å². The van der Waals surface area contributed by atoms with Gasteiger partial charge in [-0.2, -0.15) is 0 Å². The fraction of sp³-hybridized carbons (Fsp3) is 0.143. The van der Waals surface area contributed by atoms with Crippen LogP contribution < -0.4 is 14.8 Å². The number of halogens is 1. The van der Waals surface area contributed by atoms with Gasteiger partial charge in [0, 0.05) is 6.54 Å². The van der Waals surface area contributed by atoms with E-state index in [1.165, 1.54) is 12.1 Å². The molecule has 1 aliphatic rings. The van der Waals surface area contributed by atoms with Gasteiger partial charge in [-0.1, -0.05) is 6.07 Å². The molecule has 0 aromatic heterocycles. The van der Waals surface area contributed by atoms with E-state index in [2.05, 4.69) is 5.32 Å². The molecule has 0 unspecified atom stereocenters. The van der Waals surface area contributed by atoms with E-state index in [0.29, 0.717) is 18.0 Å². The summed E-state index contributed by atoms with van der Waals surface area (Å²) in [5.41, 5.74) is 0.840. The first-order valence-corrected chi connectivity index (χ1v) is 6.20. The molecule has 21 heavy (non-hydrogen) atoms. The Morgan fingerprint density at radius 3 is 2.81 bits per heavy atom. The number of anilines is 1. The Balaban J connectivity index is 1.77. The number of fused-ring (bicyclic) bond motifs is 1. The van der Waals surface area contributed by atoms with Gasteiger partial charge >= 0.3 is 0 Å². The van der Waals surface area contributed by atoms with Gasteiger partial charge in [0.2, 0.25) is 6.79 Å². The van der Waals surface area contributed by atoms with Gasteiger partial charge in [0.05, 0.1) is 11.0 Å². The molecule has 0 atom stereocenters. The van der Waals surface area contributed by atoms with Gasteiger partial charge in [-0.15, -0.1) is 0 Å². The first-order chi connectivity index (χ1) is 10.1. The third-order valence-electron chi connectivity index (χ3n) is 3.08. The highest BCUT2D eigenvalue weighted by Gasteiger charge is 2.16. The number of nitrogens with one attached hydrogen (secondary N) is 1. The minimum Gasteiger partial charge on any atom is -0.454 e. The van der Waals surface area contributed by atoms with Crippen molar-refractivity contribution in [1.82, 2.24) is 0 Å². The standard InChI is InChI=1S/C14H11FN2O4/c15-10-2-3-11(12(6-10)17(18)19)16-7-9-1-4-13-14(5-9)21-8-20-13/h1-6,16H,7-8H2. The largest absolute Gasteiger partial charge is 0.454 e. The average Bonchev–Trinajstić information content (AvgIpc) is 2.93. The Morgan fingerprint density at radius 2 is 2.00 bits per heavy atom. The van der Waals surface area contributed by atoms with Gasteiger partial charge in [0.1, 0.15) is 11.5 Å². The third kappa shape index (κ3) is 2.71. The number of benzene rings is 2. The van der Waals surface area contributed by atoms with Crippen LogP contribution in [-0.4, -0.2) is 11.7 Å². The zero-order valence-corrected chi connectivity index (χ0v) is 10.8. The number of ether oxygens (including phenoxy) is 2. The summed E-state index contributed by atoms with van der Waals surface area (Å²) in [7, 11) is 0. The van der Waals surface area contributed by atoms with E-state index in [0.717, 1.165) is 11.6 Å². The first-order valence-electron chi connectivity index (χ1n) is 6.20. The van der Waals surface area contributed by atoms with Crippen molar-refractivity contribution in [3.05, 3.63) is 57.9 Å². The fourth-order valence-electron chi connectivity index (χ4n) is 2.05. The van der Waals surface area contributed by atoms with E-state index in [1.54, 1.807) is 12.1 Å². The lowest BCUT2D eigenvalue weighted by Crippen LogP contribution is -2.03. The van der Waals surface area contributed by atoms with Gasteiger partial charge in [-0.3, -0.25) is 10.1 Å². The third-order valence-corrected chi connectivity index (χ3v) is 3.08. The van der Waals surface area contributed by atoms with Crippen LogP contribution in [0.5, 0.6) is 11.5 Å². The molecule has 0 saturated heterocycles. The number of rotatable bonds is 4. The number of hydrogen-bond donors (Lipinski definition) is 1. The SMILES string of the molecule is O=[N+]([O-])c1cc(F)ccc1NCc1ccc2c(c1)OCO2. The highest BCUT2D eigenvalue weighted by Crippen LogP contribution is 2.33. The Kier molecular flexibility index (Phi) is 3.31. The molecule has 0 bridgehead atoms. The minimum absolute atomic E-state index is 0.190. The highest BCUT2D eigenvalue weighted by atomic mass is 19.1. The fourth-order valence-corrected chi connectivity index (χ4v) is 2.05. The van der Waals surface area contributed by atoms with Gasteiger partial charge in [-0.25, -0.2) is 4.39 Å². The average molecular weight is 290 g/mol. The second-order valence-corrected chi connectivity index (χ2v) is 4.46. The van der Waals surface area contributed by atoms with Crippen LogP contribution in [0.25, 0.3) is 0 Å². The van der Waals surface area contributed by atoms with Gasteiger partial charge in [-0.05, 0) is 29.8 Å². The van der Waals surface area contributed by atoms with Crippen LogP contribution in [0.15, 0.2) is 36.4 Å². The molecule has 7 heteroatoms. The smallest absolute Gasteiger partial charge is 0.295 e. The van der Waals surface area contributed by atoms with E-state index >= 15 is 0 Å². The lowest BCUT2D eigenvalue weighted by Gasteiger charge is -2.08.